The third kappa shape index (κ3) is 2.67. The summed E-state index contributed by atoms with van der Waals surface area (Å²) >= 11 is 0. The van der Waals surface area contributed by atoms with Crippen LogP contribution >= 0.6 is 0 Å². The van der Waals surface area contributed by atoms with Crippen LogP contribution in [-0.2, 0) is 0 Å². The zero-order valence-corrected chi connectivity index (χ0v) is 4.10. The van der Waals surface area contributed by atoms with E-state index in [1.165, 1.54) is 6.19 Å². The Morgan fingerprint density at radius 2 is 2.25 bits per heavy atom. The molecule has 0 amide bonds. The molecule has 40 valence electrons. The van der Waals surface area contributed by atoms with Gasteiger partial charge < -0.3 is 0 Å². The van der Waals surface area contributed by atoms with E-state index < -0.39 is 0 Å². The van der Waals surface area contributed by atoms with Crippen molar-refractivity contribution in [2.75, 3.05) is 0 Å². The Morgan fingerprint density at radius 1 is 1.62 bits per heavy atom. The van der Waals surface area contributed by atoms with Crippen molar-refractivity contribution in [3.63, 3.8) is 0 Å². The van der Waals surface area contributed by atoms with Gasteiger partial charge in [-0.05, 0) is 0 Å². The molecule has 0 spiro atoms. The van der Waals surface area contributed by atoms with Crippen LogP contribution in [-0.4, -0.2) is 5.84 Å². The first kappa shape index (κ1) is 6.45. The summed E-state index contributed by atoms with van der Waals surface area (Å²) in [6.45, 7) is 0. The summed E-state index contributed by atoms with van der Waals surface area (Å²) in [5, 5.41) is 24.5. The molecule has 8 heavy (non-hydrogen) atoms. The molecule has 0 radical (unpaired) electrons. The molecule has 4 nitrogen and oxygen atoms in total. The molecule has 0 aliphatic heterocycles. The monoisotopic (exact) mass is 108 g/mol. The normalized spacial score (nSPS) is 6.25. The van der Waals surface area contributed by atoms with E-state index in [2.05, 4.69) is 0 Å². The molecular formula is C4H4N4. The Labute approximate surface area is 46.9 Å². The maximum absolute atomic E-state index is 7.92. The van der Waals surface area contributed by atoms with Gasteiger partial charge in [-0.2, -0.15) is 10.5 Å². The fraction of sp³-hybridized carbons (Fsp3) is 0.250. The summed E-state index contributed by atoms with van der Waals surface area (Å²) in [5.74, 6) is -0.0602. The SMILES string of the molecule is N#CCC(=N)NC#N. The minimum atomic E-state index is -0.0602. The molecule has 0 fully saturated rings. The van der Waals surface area contributed by atoms with E-state index >= 15 is 0 Å². The largest absolute Gasteiger partial charge is 0.287 e. The molecule has 2 N–H and O–H groups in total. The van der Waals surface area contributed by atoms with Crippen molar-refractivity contribution in [2.24, 2.45) is 0 Å². The summed E-state index contributed by atoms with van der Waals surface area (Å²) in [6, 6.07) is 1.71. The first-order valence-corrected chi connectivity index (χ1v) is 1.90. The summed E-state index contributed by atoms with van der Waals surface area (Å²) in [7, 11) is 0. The van der Waals surface area contributed by atoms with Crippen molar-refractivity contribution < 1.29 is 0 Å². The van der Waals surface area contributed by atoms with Gasteiger partial charge in [0.1, 0.15) is 5.84 Å². The van der Waals surface area contributed by atoms with E-state index in [0.717, 1.165) is 0 Å². The zero-order chi connectivity index (χ0) is 6.41. The second kappa shape index (κ2) is 3.63. The summed E-state index contributed by atoms with van der Waals surface area (Å²) in [5.41, 5.74) is 0. The van der Waals surface area contributed by atoms with Gasteiger partial charge in [-0.25, -0.2) is 0 Å². The van der Waals surface area contributed by atoms with Crippen LogP contribution < -0.4 is 5.32 Å². The average molecular weight is 108 g/mol. The second-order valence-electron chi connectivity index (χ2n) is 1.05. The smallest absolute Gasteiger partial charge is 0.182 e. The van der Waals surface area contributed by atoms with Crippen LogP contribution in [0.5, 0.6) is 0 Å². The van der Waals surface area contributed by atoms with Crippen molar-refractivity contribution in [3.05, 3.63) is 0 Å². The second-order valence-corrected chi connectivity index (χ2v) is 1.05. The summed E-state index contributed by atoms with van der Waals surface area (Å²) < 4.78 is 0. The third-order valence-corrected chi connectivity index (χ3v) is 0.463. The topological polar surface area (TPSA) is 83.5 Å². The van der Waals surface area contributed by atoms with E-state index in [4.69, 9.17) is 15.9 Å². The Hall–Kier alpha value is -1.55. The number of nitrogens with one attached hydrogen (secondary N) is 2. The van der Waals surface area contributed by atoms with E-state index in [1.54, 1.807) is 6.07 Å². The molecule has 0 saturated carbocycles. The predicted octanol–water partition coefficient (Wildman–Crippen LogP) is -0.0520. The zero-order valence-electron chi connectivity index (χ0n) is 4.10. The highest BCUT2D eigenvalue weighted by molar-refractivity contribution is 5.82. The minimum absolute atomic E-state index is 0.0342. The molecule has 0 aliphatic carbocycles. The van der Waals surface area contributed by atoms with Gasteiger partial charge in [0, 0.05) is 0 Å². The quantitative estimate of drug-likeness (QED) is 0.214. The highest BCUT2D eigenvalue weighted by atomic mass is 14.9. The Kier molecular flexibility index (Phi) is 2.93. The first-order valence-electron chi connectivity index (χ1n) is 1.90. The maximum atomic E-state index is 7.92. The van der Waals surface area contributed by atoms with Gasteiger partial charge in [-0.3, -0.25) is 10.7 Å². The van der Waals surface area contributed by atoms with Gasteiger partial charge in [0.25, 0.3) is 0 Å². The molecule has 0 heterocycles. The van der Waals surface area contributed by atoms with Crippen molar-refractivity contribution in [1.29, 1.82) is 15.9 Å². The lowest BCUT2D eigenvalue weighted by Crippen LogP contribution is -2.14. The molecule has 0 rings (SSSR count). The van der Waals surface area contributed by atoms with Crippen molar-refractivity contribution in [1.82, 2.24) is 5.32 Å². The highest BCUT2D eigenvalue weighted by Crippen LogP contribution is 1.71. The number of nitrogens with zero attached hydrogens (tertiary/aromatic N) is 2. The first-order chi connectivity index (χ1) is 3.81. The highest BCUT2D eigenvalue weighted by Gasteiger charge is 1.88. The fourth-order valence-electron chi connectivity index (χ4n) is 0.191. The molecule has 0 unspecified atom stereocenters. The van der Waals surface area contributed by atoms with Crippen molar-refractivity contribution in [2.45, 2.75) is 6.42 Å². The molecule has 0 bridgehead atoms. The molecule has 0 aromatic heterocycles. The standard InChI is InChI=1S/C4H4N4/c5-2-1-4(7)8-3-6/h1H2,(H2,7,8). The minimum Gasteiger partial charge on any atom is -0.287 e. The van der Waals surface area contributed by atoms with E-state index in [-0.39, 0.29) is 12.3 Å². The third-order valence-electron chi connectivity index (χ3n) is 0.463. The summed E-state index contributed by atoms with van der Waals surface area (Å²) in [6.07, 6.45) is 1.49. The Balaban J connectivity index is 3.41. The molecular weight excluding hydrogens is 104 g/mol. The predicted molar refractivity (Wildman–Crippen MR) is 26.7 cm³/mol. The van der Waals surface area contributed by atoms with Crippen LogP contribution in [0.1, 0.15) is 6.42 Å². The number of hydrogen-bond acceptors (Lipinski definition) is 3. The van der Waals surface area contributed by atoms with Crippen LogP contribution in [0.15, 0.2) is 0 Å². The van der Waals surface area contributed by atoms with Gasteiger partial charge >= 0.3 is 0 Å². The van der Waals surface area contributed by atoms with Crippen LogP contribution in [0, 0.1) is 28.2 Å². The fourth-order valence-corrected chi connectivity index (χ4v) is 0.191. The van der Waals surface area contributed by atoms with Gasteiger partial charge in [-0.1, -0.05) is 0 Å². The number of nitriles is 2. The van der Waals surface area contributed by atoms with Crippen molar-refractivity contribution in [3.8, 4) is 12.3 Å². The van der Waals surface area contributed by atoms with Gasteiger partial charge in [0.2, 0.25) is 0 Å². The Bertz CT molecular complexity index is 140. The molecule has 0 saturated heterocycles. The van der Waals surface area contributed by atoms with E-state index in [0.29, 0.717) is 0 Å². The molecule has 0 aromatic rings. The maximum Gasteiger partial charge on any atom is 0.182 e. The number of hydrogen-bond donors (Lipinski definition) is 2. The molecule has 0 aromatic carbocycles. The molecule has 4 heteroatoms. The van der Waals surface area contributed by atoms with Gasteiger partial charge in [0.05, 0.1) is 12.5 Å². The van der Waals surface area contributed by atoms with Crippen LogP contribution in [0.25, 0.3) is 0 Å². The van der Waals surface area contributed by atoms with Crippen LogP contribution in [0.2, 0.25) is 0 Å². The average Bonchev–Trinajstić information content (AvgIpc) is 1.68. The van der Waals surface area contributed by atoms with Gasteiger partial charge in [-0.15, -0.1) is 0 Å². The molecule has 0 aliphatic rings. The van der Waals surface area contributed by atoms with Crippen LogP contribution in [0.4, 0.5) is 0 Å². The summed E-state index contributed by atoms with van der Waals surface area (Å²) in [4.78, 5) is 0. The lowest BCUT2D eigenvalue weighted by atomic mass is 10.4. The lowest BCUT2D eigenvalue weighted by molar-refractivity contribution is 1.17. The number of rotatable bonds is 1. The van der Waals surface area contributed by atoms with Crippen molar-refractivity contribution >= 4 is 5.84 Å². The van der Waals surface area contributed by atoms with E-state index in [9.17, 15) is 0 Å². The Morgan fingerprint density at radius 3 is 2.62 bits per heavy atom. The van der Waals surface area contributed by atoms with Crippen LogP contribution in [0.3, 0.4) is 0 Å². The van der Waals surface area contributed by atoms with Gasteiger partial charge in [0.15, 0.2) is 6.19 Å². The van der Waals surface area contributed by atoms with E-state index in [1.807, 2.05) is 5.32 Å². The molecule has 0 atom stereocenters. The number of amidine groups is 1. The lowest BCUT2D eigenvalue weighted by Gasteiger charge is -1.87.